The van der Waals surface area contributed by atoms with Crippen molar-refractivity contribution in [1.82, 2.24) is 10.2 Å². The van der Waals surface area contributed by atoms with Gasteiger partial charge in [0.25, 0.3) is 0 Å². The molecule has 5 heteroatoms. The van der Waals surface area contributed by atoms with Gasteiger partial charge in [0.15, 0.2) is 0 Å². The van der Waals surface area contributed by atoms with Crippen molar-refractivity contribution in [3.05, 3.63) is 28.8 Å². The lowest BCUT2D eigenvalue weighted by Gasteiger charge is -2.19. The third-order valence-electron chi connectivity index (χ3n) is 2.83. The number of nitrogens with one attached hydrogen (secondary N) is 1. The first-order valence-corrected chi connectivity index (χ1v) is 6.88. The van der Waals surface area contributed by atoms with Crippen LogP contribution in [0.2, 0.25) is 5.02 Å². The molecule has 0 aliphatic heterocycles. The van der Waals surface area contributed by atoms with E-state index in [1.54, 1.807) is 11.0 Å². The van der Waals surface area contributed by atoms with Crippen LogP contribution in [0, 0.1) is 6.92 Å². The topological polar surface area (TPSA) is 41.6 Å². The first-order valence-electron chi connectivity index (χ1n) is 6.50. The van der Waals surface area contributed by atoms with Gasteiger partial charge in [-0.25, -0.2) is 4.79 Å². The fourth-order valence-corrected chi connectivity index (χ4v) is 1.77. The summed E-state index contributed by atoms with van der Waals surface area (Å²) in [7, 11) is 0. The lowest BCUT2D eigenvalue weighted by molar-refractivity contribution is 0.200. The van der Waals surface area contributed by atoms with Crippen LogP contribution in [0.1, 0.15) is 19.4 Å². The van der Waals surface area contributed by atoms with Crippen LogP contribution in [-0.4, -0.2) is 37.2 Å². The molecule has 0 aliphatic rings. The van der Waals surface area contributed by atoms with Crippen LogP contribution in [0.15, 0.2) is 18.2 Å². The Morgan fingerprint density at radius 1 is 1.37 bits per heavy atom. The number of nitrogens with zero attached hydrogens (tertiary/aromatic N) is 1. The molecule has 106 valence electrons. The standard InChI is InChI=1S/C14H21ClN2O2/c1-4-17(5-2)14(18)16-8-9-19-12-6-7-13(15)11(3)10-12/h6-7,10H,4-5,8-9H2,1-3H3,(H,16,18). The monoisotopic (exact) mass is 284 g/mol. The molecular weight excluding hydrogens is 264 g/mol. The maximum Gasteiger partial charge on any atom is 0.317 e. The molecule has 0 aliphatic carbocycles. The molecule has 19 heavy (non-hydrogen) atoms. The van der Waals surface area contributed by atoms with E-state index in [1.165, 1.54) is 0 Å². The average molecular weight is 285 g/mol. The first kappa shape index (κ1) is 15.6. The molecule has 0 atom stereocenters. The molecule has 0 unspecified atom stereocenters. The van der Waals surface area contributed by atoms with E-state index in [9.17, 15) is 4.79 Å². The van der Waals surface area contributed by atoms with Gasteiger partial charge < -0.3 is 15.0 Å². The minimum absolute atomic E-state index is 0.0547. The number of aryl methyl sites for hydroxylation is 1. The van der Waals surface area contributed by atoms with E-state index in [0.717, 1.165) is 16.3 Å². The zero-order valence-electron chi connectivity index (χ0n) is 11.7. The van der Waals surface area contributed by atoms with Crippen molar-refractivity contribution in [1.29, 1.82) is 0 Å². The number of amides is 2. The molecule has 1 rings (SSSR count). The molecule has 1 N–H and O–H groups in total. The third-order valence-corrected chi connectivity index (χ3v) is 3.25. The summed E-state index contributed by atoms with van der Waals surface area (Å²) in [6.45, 7) is 8.17. The number of carbonyl (C=O) groups excluding carboxylic acids is 1. The fraction of sp³-hybridized carbons (Fsp3) is 0.500. The van der Waals surface area contributed by atoms with E-state index in [-0.39, 0.29) is 6.03 Å². The predicted octanol–water partition coefficient (Wildman–Crippen LogP) is 3.08. The Balaban J connectivity index is 2.31. The molecule has 0 heterocycles. The van der Waals surface area contributed by atoms with E-state index in [2.05, 4.69) is 5.32 Å². The minimum atomic E-state index is -0.0547. The highest BCUT2D eigenvalue weighted by molar-refractivity contribution is 6.31. The van der Waals surface area contributed by atoms with Crippen LogP contribution in [-0.2, 0) is 0 Å². The van der Waals surface area contributed by atoms with E-state index in [4.69, 9.17) is 16.3 Å². The molecule has 0 fully saturated rings. The van der Waals surface area contributed by atoms with Gasteiger partial charge in [-0.15, -0.1) is 0 Å². The molecule has 2 amide bonds. The van der Waals surface area contributed by atoms with Crippen LogP contribution in [0.5, 0.6) is 5.75 Å². The van der Waals surface area contributed by atoms with Crippen molar-refractivity contribution in [2.75, 3.05) is 26.2 Å². The largest absolute Gasteiger partial charge is 0.492 e. The van der Waals surface area contributed by atoms with Crippen molar-refractivity contribution in [2.45, 2.75) is 20.8 Å². The molecule has 1 aromatic rings. The Labute approximate surface area is 119 Å². The fourth-order valence-electron chi connectivity index (χ4n) is 1.66. The van der Waals surface area contributed by atoms with Crippen LogP contribution < -0.4 is 10.1 Å². The van der Waals surface area contributed by atoms with Gasteiger partial charge in [0.2, 0.25) is 0 Å². The SMILES string of the molecule is CCN(CC)C(=O)NCCOc1ccc(Cl)c(C)c1. The summed E-state index contributed by atoms with van der Waals surface area (Å²) in [5, 5.41) is 3.54. The first-order chi connectivity index (χ1) is 9.08. The number of hydrogen-bond acceptors (Lipinski definition) is 2. The number of ether oxygens (including phenoxy) is 1. The van der Waals surface area contributed by atoms with Gasteiger partial charge in [-0.05, 0) is 44.5 Å². The lowest BCUT2D eigenvalue weighted by Crippen LogP contribution is -2.41. The van der Waals surface area contributed by atoms with Crippen molar-refractivity contribution in [3.63, 3.8) is 0 Å². The third kappa shape index (κ3) is 4.99. The van der Waals surface area contributed by atoms with Crippen LogP contribution >= 0.6 is 11.6 Å². The number of halogens is 1. The number of urea groups is 1. The second-order valence-corrected chi connectivity index (χ2v) is 4.57. The van der Waals surface area contributed by atoms with Crippen LogP contribution in [0.4, 0.5) is 4.79 Å². The summed E-state index contributed by atoms with van der Waals surface area (Å²) in [5.41, 5.74) is 0.978. The number of benzene rings is 1. The number of carbonyl (C=O) groups is 1. The molecule has 0 saturated carbocycles. The Hall–Kier alpha value is -1.42. The summed E-state index contributed by atoms with van der Waals surface area (Å²) < 4.78 is 5.55. The van der Waals surface area contributed by atoms with Crippen molar-refractivity contribution in [2.24, 2.45) is 0 Å². The van der Waals surface area contributed by atoms with Crippen molar-refractivity contribution >= 4 is 17.6 Å². The van der Waals surface area contributed by atoms with Crippen LogP contribution in [0.3, 0.4) is 0 Å². The van der Waals surface area contributed by atoms with E-state index >= 15 is 0 Å². The van der Waals surface area contributed by atoms with E-state index in [1.807, 2.05) is 32.9 Å². The van der Waals surface area contributed by atoms with E-state index < -0.39 is 0 Å². The van der Waals surface area contributed by atoms with Crippen molar-refractivity contribution < 1.29 is 9.53 Å². The average Bonchev–Trinajstić information content (AvgIpc) is 2.40. The van der Waals surface area contributed by atoms with Gasteiger partial charge in [0, 0.05) is 18.1 Å². The van der Waals surface area contributed by atoms with Crippen molar-refractivity contribution in [3.8, 4) is 5.75 Å². The highest BCUT2D eigenvalue weighted by Crippen LogP contribution is 2.20. The summed E-state index contributed by atoms with van der Waals surface area (Å²) in [6.07, 6.45) is 0. The highest BCUT2D eigenvalue weighted by Gasteiger charge is 2.07. The molecule has 0 radical (unpaired) electrons. The predicted molar refractivity (Wildman–Crippen MR) is 78.0 cm³/mol. The summed E-state index contributed by atoms with van der Waals surface area (Å²) in [5.74, 6) is 0.763. The molecule has 0 aromatic heterocycles. The summed E-state index contributed by atoms with van der Waals surface area (Å²) in [6, 6.07) is 5.46. The summed E-state index contributed by atoms with van der Waals surface area (Å²) in [4.78, 5) is 13.4. The Morgan fingerprint density at radius 2 is 2.05 bits per heavy atom. The van der Waals surface area contributed by atoms with Gasteiger partial charge >= 0.3 is 6.03 Å². The Morgan fingerprint density at radius 3 is 2.63 bits per heavy atom. The smallest absolute Gasteiger partial charge is 0.317 e. The second kappa shape index (κ2) is 7.89. The summed E-state index contributed by atoms with van der Waals surface area (Å²) >= 11 is 5.93. The zero-order valence-corrected chi connectivity index (χ0v) is 12.5. The number of rotatable bonds is 6. The number of hydrogen-bond donors (Lipinski definition) is 1. The van der Waals surface area contributed by atoms with Gasteiger partial charge in [-0.2, -0.15) is 0 Å². The molecular formula is C14H21ClN2O2. The maximum atomic E-state index is 11.7. The molecule has 4 nitrogen and oxygen atoms in total. The molecule has 0 bridgehead atoms. The normalized spacial score (nSPS) is 10.1. The minimum Gasteiger partial charge on any atom is -0.492 e. The van der Waals surface area contributed by atoms with Gasteiger partial charge in [0.05, 0.1) is 6.54 Å². The maximum absolute atomic E-state index is 11.7. The zero-order chi connectivity index (χ0) is 14.3. The van der Waals surface area contributed by atoms with Crippen LogP contribution in [0.25, 0.3) is 0 Å². The molecule has 1 aromatic carbocycles. The quantitative estimate of drug-likeness (QED) is 0.816. The van der Waals surface area contributed by atoms with Gasteiger partial charge in [0.1, 0.15) is 12.4 Å². The van der Waals surface area contributed by atoms with Gasteiger partial charge in [-0.1, -0.05) is 11.6 Å². The second-order valence-electron chi connectivity index (χ2n) is 4.16. The van der Waals surface area contributed by atoms with E-state index in [0.29, 0.717) is 26.2 Å². The Kier molecular flexibility index (Phi) is 6.50. The molecule has 0 spiro atoms. The van der Waals surface area contributed by atoms with Gasteiger partial charge in [-0.3, -0.25) is 0 Å². The Bertz CT molecular complexity index is 420. The highest BCUT2D eigenvalue weighted by atomic mass is 35.5. The lowest BCUT2D eigenvalue weighted by atomic mass is 10.2. The molecule has 0 saturated heterocycles.